The van der Waals surface area contributed by atoms with Crippen molar-refractivity contribution < 1.29 is 44.3 Å². The molecule has 0 aliphatic heterocycles. The minimum atomic E-state index is -2.84. The van der Waals surface area contributed by atoms with Crippen molar-refractivity contribution in [2.24, 2.45) is 23.5 Å². The van der Waals surface area contributed by atoms with Crippen LogP contribution < -0.4 is 5.73 Å². The maximum atomic E-state index is 13.8. The number of hydrogen-bond donors (Lipinski definition) is 5. The van der Waals surface area contributed by atoms with Crippen LogP contribution >= 0.6 is 0 Å². The van der Waals surface area contributed by atoms with Crippen LogP contribution in [-0.2, 0) is 23.9 Å². The molecule has 4 aliphatic carbocycles. The van der Waals surface area contributed by atoms with Gasteiger partial charge in [-0.2, -0.15) is 0 Å². The van der Waals surface area contributed by atoms with Gasteiger partial charge in [0, 0.05) is 23.8 Å². The van der Waals surface area contributed by atoms with Crippen LogP contribution in [-0.4, -0.2) is 55.6 Å². The number of esters is 1. The third kappa shape index (κ3) is 2.99. The quantitative estimate of drug-likeness (QED) is 0.312. The van der Waals surface area contributed by atoms with Gasteiger partial charge in [-0.3, -0.25) is 19.2 Å². The van der Waals surface area contributed by atoms with Crippen LogP contribution in [0.3, 0.4) is 0 Å². The molecule has 1 aromatic carbocycles. The lowest BCUT2D eigenvalue weighted by atomic mass is 9.55. The highest BCUT2D eigenvalue weighted by Gasteiger charge is 2.66. The lowest BCUT2D eigenvalue weighted by Gasteiger charge is -2.51. The molecule has 35 heavy (non-hydrogen) atoms. The number of hydrogen-bond acceptors (Lipinski definition) is 9. The lowest BCUT2D eigenvalue weighted by molar-refractivity contribution is -0.183. The number of amides is 1. The van der Waals surface area contributed by atoms with E-state index >= 15 is 0 Å². The van der Waals surface area contributed by atoms with Crippen LogP contribution in [0.4, 0.5) is 0 Å². The van der Waals surface area contributed by atoms with Crippen LogP contribution in [0.5, 0.6) is 5.75 Å². The van der Waals surface area contributed by atoms with Gasteiger partial charge in [0.1, 0.15) is 28.9 Å². The number of carbonyl (C=O) groups excluding carboxylic acids is 4. The van der Waals surface area contributed by atoms with Gasteiger partial charge in [-0.05, 0) is 30.4 Å². The van der Waals surface area contributed by atoms with Gasteiger partial charge in [0.15, 0.2) is 11.4 Å². The molecule has 10 nitrogen and oxygen atoms in total. The first-order chi connectivity index (χ1) is 16.5. The molecular formula is C25H25NO9. The smallest absolute Gasteiger partial charge is 0.309 e. The molecule has 0 saturated heterocycles. The van der Waals surface area contributed by atoms with Crippen molar-refractivity contribution in [3.8, 4) is 5.75 Å². The van der Waals surface area contributed by atoms with Gasteiger partial charge < -0.3 is 30.9 Å². The number of aliphatic hydroxyl groups is 3. The minimum absolute atomic E-state index is 0.0174. The van der Waals surface area contributed by atoms with E-state index < -0.39 is 76.4 Å². The fraction of sp³-hybridized carbons (Fsp3) is 0.440. The average molecular weight is 483 g/mol. The van der Waals surface area contributed by atoms with Gasteiger partial charge in [-0.1, -0.05) is 25.5 Å². The van der Waals surface area contributed by atoms with E-state index in [1.54, 1.807) is 19.1 Å². The number of ether oxygens (including phenoxy) is 1. The Kier molecular flexibility index (Phi) is 5.06. The zero-order valence-electron chi connectivity index (χ0n) is 18.9. The summed E-state index contributed by atoms with van der Waals surface area (Å²) in [6.45, 7) is 1.71. The second kappa shape index (κ2) is 7.67. The Hall–Kier alpha value is -3.66. The first kappa shape index (κ1) is 23.1. The number of nitrogens with two attached hydrogens (primary N) is 1. The predicted octanol–water partition coefficient (Wildman–Crippen LogP) is 1.31. The second-order valence-electron chi connectivity index (χ2n) is 9.76. The van der Waals surface area contributed by atoms with E-state index in [4.69, 9.17) is 10.5 Å². The zero-order chi connectivity index (χ0) is 25.4. The second-order valence-corrected chi connectivity index (χ2v) is 9.76. The molecule has 4 aliphatic rings. The highest BCUT2D eigenvalue weighted by molar-refractivity contribution is 6.23. The number of rotatable bonds is 3. The summed E-state index contributed by atoms with van der Waals surface area (Å²) in [6.07, 6.45) is 0.185. The van der Waals surface area contributed by atoms with Gasteiger partial charge in [-0.25, -0.2) is 0 Å². The molecule has 1 amide bonds. The largest absolute Gasteiger partial charge is 0.508 e. The number of phenols is 1. The maximum absolute atomic E-state index is 13.8. The first-order valence-electron chi connectivity index (χ1n) is 11.5. The molecule has 0 radical (unpaired) electrons. The summed E-state index contributed by atoms with van der Waals surface area (Å²) in [7, 11) is 0. The number of aromatic hydroxyl groups is 1. The molecule has 184 valence electrons. The van der Waals surface area contributed by atoms with E-state index in [1.807, 2.05) is 0 Å². The van der Waals surface area contributed by atoms with Crippen LogP contribution in [0, 0.1) is 17.8 Å². The molecule has 0 heterocycles. The Morgan fingerprint density at radius 2 is 1.83 bits per heavy atom. The summed E-state index contributed by atoms with van der Waals surface area (Å²) in [5.41, 5.74) is 1.59. The Balaban J connectivity index is 1.75. The summed E-state index contributed by atoms with van der Waals surface area (Å²) >= 11 is 0. The number of Topliss-reactive ketones (excluding diaryl/α,β-unsaturated/α-hetero) is 2. The number of carbonyl (C=O) groups is 4. The molecule has 6 N–H and O–H groups in total. The lowest BCUT2D eigenvalue weighted by Crippen LogP contribution is -2.64. The third-order valence-electron chi connectivity index (χ3n) is 8.03. The number of phenolic OH excluding ortho intramolecular Hbond substituents is 1. The number of primary amides is 1. The Morgan fingerprint density at radius 1 is 1.14 bits per heavy atom. The zero-order valence-corrected chi connectivity index (χ0v) is 18.9. The first-order valence-corrected chi connectivity index (χ1v) is 11.5. The summed E-state index contributed by atoms with van der Waals surface area (Å²) in [4.78, 5) is 51.3. The predicted molar refractivity (Wildman–Crippen MR) is 119 cm³/mol. The molecule has 0 unspecified atom stereocenters. The molecule has 0 spiro atoms. The fourth-order valence-corrected chi connectivity index (χ4v) is 5.96. The summed E-state index contributed by atoms with van der Waals surface area (Å²) < 4.78 is 5.84. The van der Waals surface area contributed by atoms with Crippen molar-refractivity contribution >= 4 is 29.2 Å². The third-order valence-corrected chi connectivity index (χ3v) is 8.03. The summed E-state index contributed by atoms with van der Waals surface area (Å²) in [6, 6.07) is 4.54. The number of benzene rings is 1. The Morgan fingerprint density at radius 3 is 2.43 bits per heavy atom. The molecule has 2 saturated carbocycles. The van der Waals surface area contributed by atoms with Gasteiger partial charge in [-0.15, -0.1) is 0 Å². The number of aliphatic hydroxyl groups excluding tert-OH is 2. The van der Waals surface area contributed by atoms with Crippen LogP contribution in [0.25, 0.3) is 5.76 Å². The standard InChI is InChI=1S/C25H25NO9/c1-9-11-6-3-7-13(27)16(11)19(29)18-15(9)20(35-24(33)10-4-2-5-10)12-8-14(28)17(23(26)32)21(30)25(12,34)22(18)31/h3,6-7,9-10,12,15,20,27,29-30,34H,2,4-5,8H2,1H3,(H2,26,32)/t9-,12+,15+,20+,25+/m0/s1. The molecule has 0 aromatic heterocycles. The van der Waals surface area contributed by atoms with Crippen molar-refractivity contribution in [1.29, 1.82) is 0 Å². The highest BCUT2D eigenvalue weighted by Crippen LogP contribution is 2.56. The summed E-state index contributed by atoms with van der Waals surface area (Å²) in [5.74, 6) is -9.46. The van der Waals surface area contributed by atoms with Crippen molar-refractivity contribution in [2.45, 2.75) is 50.2 Å². The minimum Gasteiger partial charge on any atom is -0.508 e. The van der Waals surface area contributed by atoms with E-state index in [0.29, 0.717) is 18.4 Å². The van der Waals surface area contributed by atoms with Gasteiger partial charge in [0.2, 0.25) is 5.78 Å². The van der Waals surface area contributed by atoms with Crippen molar-refractivity contribution in [3.05, 3.63) is 46.2 Å². The highest BCUT2D eigenvalue weighted by atomic mass is 16.5. The van der Waals surface area contributed by atoms with Crippen molar-refractivity contribution in [1.82, 2.24) is 0 Å². The van der Waals surface area contributed by atoms with Gasteiger partial charge in [0.05, 0.1) is 11.5 Å². The van der Waals surface area contributed by atoms with Gasteiger partial charge >= 0.3 is 5.97 Å². The van der Waals surface area contributed by atoms with Crippen molar-refractivity contribution in [2.75, 3.05) is 0 Å². The Labute approximate surface area is 199 Å². The topological polar surface area (TPSA) is 184 Å². The number of fused-ring (bicyclic) bond motifs is 3. The van der Waals surface area contributed by atoms with E-state index in [2.05, 4.69) is 0 Å². The van der Waals surface area contributed by atoms with E-state index in [9.17, 15) is 39.6 Å². The van der Waals surface area contributed by atoms with Crippen molar-refractivity contribution in [3.63, 3.8) is 0 Å². The molecule has 10 heteroatoms. The van der Waals surface area contributed by atoms with Gasteiger partial charge in [0.25, 0.3) is 5.91 Å². The molecule has 0 bridgehead atoms. The normalized spacial score (nSPS) is 32.4. The summed E-state index contributed by atoms with van der Waals surface area (Å²) in [5, 5.41) is 44.0. The van der Waals surface area contributed by atoms with E-state index in [0.717, 1.165) is 6.42 Å². The SMILES string of the molecule is C[C@H]1c2cccc(O)c2C(O)=C2C(=O)[C@]3(O)C(O)=C(C(N)=O)C(=O)C[C@@H]3[C@@H](OC(=O)C3CCC3)[C@@H]21. The van der Waals surface area contributed by atoms with E-state index in [1.165, 1.54) is 6.07 Å². The van der Waals surface area contributed by atoms with Crippen LogP contribution in [0.15, 0.2) is 35.1 Å². The van der Waals surface area contributed by atoms with Crippen LogP contribution in [0.2, 0.25) is 0 Å². The Bertz CT molecular complexity index is 1260. The molecule has 5 atom stereocenters. The number of ketones is 2. The fourth-order valence-electron chi connectivity index (χ4n) is 5.96. The monoisotopic (exact) mass is 483 g/mol. The van der Waals surface area contributed by atoms with E-state index in [-0.39, 0.29) is 22.8 Å². The maximum Gasteiger partial charge on any atom is 0.309 e. The molecule has 1 aromatic rings. The average Bonchev–Trinajstić information content (AvgIpc) is 2.74. The molecular weight excluding hydrogens is 458 g/mol. The van der Waals surface area contributed by atoms with Crippen LogP contribution in [0.1, 0.15) is 49.7 Å². The molecule has 5 rings (SSSR count). The molecule has 2 fully saturated rings.